The summed E-state index contributed by atoms with van der Waals surface area (Å²) in [7, 11) is 0. The standard InChI is InChI=1S/C23H13O.3C4H9.Sn/c24-23-19-11-5-4-10-18(19)22-17(15-7-2-1-3-8-15)14-13-16-9-6-12-20(23)21(16)22;3*1-3-4-2;/h1-13H;3*1,3-4H2,2H3;. The molecule has 1 aliphatic carbocycles. The second-order valence-electron chi connectivity index (χ2n) is 10.9. The summed E-state index contributed by atoms with van der Waals surface area (Å²) in [6, 6.07) is 28.4. The summed E-state index contributed by atoms with van der Waals surface area (Å²) in [5.74, 6) is 0.165. The van der Waals surface area contributed by atoms with Gasteiger partial charge < -0.3 is 0 Å². The summed E-state index contributed by atoms with van der Waals surface area (Å²) < 4.78 is 5.99. The van der Waals surface area contributed by atoms with Crippen LogP contribution in [0.1, 0.15) is 75.2 Å². The van der Waals surface area contributed by atoms with Crippen molar-refractivity contribution >= 4 is 38.5 Å². The van der Waals surface area contributed by atoms with Crippen molar-refractivity contribution in [1.29, 1.82) is 0 Å². The first-order valence-corrected chi connectivity index (χ1v) is 21.9. The minimum absolute atomic E-state index is 0.165. The Hall–Kier alpha value is -2.39. The van der Waals surface area contributed by atoms with E-state index in [-0.39, 0.29) is 5.78 Å². The summed E-state index contributed by atoms with van der Waals surface area (Å²) >= 11 is -2.85. The van der Waals surface area contributed by atoms with Crippen LogP contribution in [-0.4, -0.2) is 24.2 Å². The maximum absolute atomic E-state index is 13.7. The van der Waals surface area contributed by atoms with Crippen LogP contribution in [0.15, 0.2) is 78.9 Å². The average Bonchev–Trinajstić information content (AvgIpc) is 2.95. The van der Waals surface area contributed by atoms with Crippen LogP contribution in [0.2, 0.25) is 13.3 Å². The molecule has 0 aliphatic heterocycles. The molecule has 0 saturated carbocycles. The molecule has 0 fully saturated rings. The quantitative estimate of drug-likeness (QED) is 0.139. The first-order chi connectivity index (χ1) is 18.1. The number of hydrogen-bond acceptors (Lipinski definition) is 1. The van der Waals surface area contributed by atoms with Gasteiger partial charge in [0.1, 0.15) is 0 Å². The maximum atomic E-state index is 13.7. The van der Waals surface area contributed by atoms with E-state index < -0.39 is 18.4 Å². The SMILES string of the molecule is CCC[CH2][Sn]([CH2]CCC)([CH2]CCC)[c]1cc2cccc3c2c(c1-c1ccccc1)-c1ccccc1C3=O. The molecule has 0 spiro atoms. The Morgan fingerprint density at radius 3 is 1.78 bits per heavy atom. The van der Waals surface area contributed by atoms with Crippen molar-refractivity contribution < 1.29 is 4.79 Å². The number of benzene rings is 4. The summed E-state index contributed by atoms with van der Waals surface area (Å²) in [5, 5.41) is 2.42. The van der Waals surface area contributed by atoms with Crippen molar-refractivity contribution in [2.75, 3.05) is 0 Å². The topological polar surface area (TPSA) is 17.1 Å². The van der Waals surface area contributed by atoms with E-state index in [4.69, 9.17) is 0 Å². The van der Waals surface area contributed by atoms with Gasteiger partial charge in [-0.2, -0.15) is 0 Å². The molecule has 4 aromatic carbocycles. The Morgan fingerprint density at radius 1 is 0.595 bits per heavy atom. The molecule has 0 saturated heterocycles. The molecule has 0 bridgehead atoms. The average molecular weight is 595 g/mol. The predicted molar refractivity (Wildman–Crippen MR) is 163 cm³/mol. The molecular weight excluding hydrogens is 555 g/mol. The number of unbranched alkanes of at least 4 members (excludes halogenated alkanes) is 3. The van der Waals surface area contributed by atoms with Crippen LogP contribution in [-0.2, 0) is 0 Å². The molecule has 0 N–H and O–H groups in total. The molecule has 4 aromatic rings. The zero-order valence-electron chi connectivity index (χ0n) is 22.8. The molecule has 0 unspecified atom stereocenters. The van der Waals surface area contributed by atoms with Crippen molar-refractivity contribution in [3.63, 3.8) is 0 Å². The van der Waals surface area contributed by atoms with E-state index in [1.165, 1.54) is 73.9 Å². The fraction of sp³-hybridized carbons (Fsp3) is 0.343. The molecule has 5 rings (SSSR count). The van der Waals surface area contributed by atoms with Crippen LogP contribution >= 0.6 is 0 Å². The van der Waals surface area contributed by atoms with E-state index >= 15 is 0 Å². The predicted octanol–water partition coefficient (Wildman–Crippen LogP) is 9.77. The number of ketones is 1. The molecule has 0 aromatic heterocycles. The van der Waals surface area contributed by atoms with Gasteiger partial charge in [0.05, 0.1) is 0 Å². The zero-order valence-corrected chi connectivity index (χ0v) is 25.6. The van der Waals surface area contributed by atoms with Crippen LogP contribution in [0.25, 0.3) is 33.0 Å². The van der Waals surface area contributed by atoms with Gasteiger partial charge in [0.25, 0.3) is 0 Å². The van der Waals surface area contributed by atoms with E-state index in [0.717, 1.165) is 22.1 Å². The van der Waals surface area contributed by atoms with Crippen LogP contribution in [0.3, 0.4) is 0 Å². The molecule has 37 heavy (non-hydrogen) atoms. The van der Waals surface area contributed by atoms with E-state index in [1.54, 1.807) is 3.58 Å². The van der Waals surface area contributed by atoms with Gasteiger partial charge in [-0.1, -0.05) is 0 Å². The van der Waals surface area contributed by atoms with E-state index in [9.17, 15) is 4.79 Å². The van der Waals surface area contributed by atoms with Crippen molar-refractivity contribution in [3.8, 4) is 22.3 Å². The monoisotopic (exact) mass is 596 g/mol. The summed E-state index contributed by atoms with van der Waals surface area (Å²) in [6.45, 7) is 7.06. The fourth-order valence-corrected chi connectivity index (χ4v) is 23.5. The second kappa shape index (κ2) is 11.6. The Kier molecular flexibility index (Phi) is 8.19. The molecule has 0 amide bonds. The summed E-state index contributed by atoms with van der Waals surface area (Å²) in [6.07, 6.45) is 7.79. The summed E-state index contributed by atoms with van der Waals surface area (Å²) in [4.78, 5) is 13.7. The van der Waals surface area contributed by atoms with Gasteiger partial charge in [-0.15, -0.1) is 0 Å². The van der Waals surface area contributed by atoms with Crippen molar-refractivity contribution in [2.45, 2.75) is 72.6 Å². The fourth-order valence-electron chi connectivity index (χ4n) is 6.61. The van der Waals surface area contributed by atoms with Gasteiger partial charge >= 0.3 is 228 Å². The summed E-state index contributed by atoms with van der Waals surface area (Å²) in [5.41, 5.74) is 6.92. The molecule has 0 heterocycles. The Balaban J connectivity index is 1.94. The number of fused-ring (bicyclic) bond motifs is 2. The van der Waals surface area contributed by atoms with Crippen LogP contribution in [0.4, 0.5) is 0 Å². The van der Waals surface area contributed by atoms with Gasteiger partial charge in [0.2, 0.25) is 0 Å². The molecule has 0 radical (unpaired) electrons. The Labute approximate surface area is 227 Å². The van der Waals surface area contributed by atoms with Gasteiger partial charge in [0.15, 0.2) is 0 Å². The third-order valence-corrected chi connectivity index (χ3v) is 24.1. The van der Waals surface area contributed by atoms with Crippen molar-refractivity contribution in [1.82, 2.24) is 0 Å². The molecule has 190 valence electrons. The zero-order chi connectivity index (χ0) is 25.8. The first kappa shape index (κ1) is 26.2. The number of carbonyl (C=O) groups is 1. The normalized spacial score (nSPS) is 12.7. The number of carbonyl (C=O) groups excluding carboxylic acids is 1. The van der Waals surface area contributed by atoms with Crippen molar-refractivity contribution in [2.24, 2.45) is 0 Å². The third-order valence-electron chi connectivity index (χ3n) is 8.51. The molecule has 2 heteroatoms. The first-order valence-electron chi connectivity index (χ1n) is 14.4. The van der Waals surface area contributed by atoms with Gasteiger partial charge in [0, 0.05) is 0 Å². The van der Waals surface area contributed by atoms with Gasteiger partial charge in [-0.25, -0.2) is 0 Å². The molecular formula is C35H40OSn. The Bertz CT molecular complexity index is 1380. The van der Waals surface area contributed by atoms with Gasteiger partial charge in [-0.05, 0) is 0 Å². The number of rotatable bonds is 11. The second-order valence-corrected chi connectivity index (χ2v) is 24.0. The van der Waals surface area contributed by atoms with Crippen LogP contribution < -0.4 is 3.58 Å². The van der Waals surface area contributed by atoms with E-state index in [2.05, 4.69) is 81.4 Å². The number of hydrogen-bond donors (Lipinski definition) is 0. The third kappa shape index (κ3) is 4.80. The van der Waals surface area contributed by atoms with Crippen molar-refractivity contribution in [3.05, 3.63) is 90.0 Å². The minimum atomic E-state index is -2.85. The van der Waals surface area contributed by atoms with Crippen LogP contribution in [0.5, 0.6) is 0 Å². The molecule has 1 nitrogen and oxygen atoms in total. The van der Waals surface area contributed by atoms with Crippen LogP contribution in [0, 0.1) is 0 Å². The molecule has 0 atom stereocenters. The Morgan fingerprint density at radius 2 is 1.16 bits per heavy atom. The van der Waals surface area contributed by atoms with Gasteiger partial charge in [-0.3, -0.25) is 0 Å². The van der Waals surface area contributed by atoms with E-state index in [0.29, 0.717) is 0 Å². The molecule has 1 aliphatic rings. The van der Waals surface area contributed by atoms with E-state index in [1.807, 2.05) is 18.2 Å².